The lowest BCUT2D eigenvalue weighted by molar-refractivity contribution is -0.128. The van der Waals surface area contributed by atoms with E-state index in [1.165, 1.54) is 23.1 Å². The molecule has 1 aliphatic heterocycles. The van der Waals surface area contributed by atoms with E-state index < -0.39 is 17.2 Å². The Kier molecular flexibility index (Phi) is 7.75. The summed E-state index contributed by atoms with van der Waals surface area (Å²) in [6, 6.07) is 4.43. The average Bonchev–Trinajstić information content (AvgIpc) is 2.95. The van der Waals surface area contributed by atoms with E-state index in [0.717, 1.165) is 0 Å². The second-order valence-corrected chi connectivity index (χ2v) is 7.67. The number of benzene rings is 1. The molecule has 4 amide bonds. The minimum Gasteiger partial charge on any atom is -0.385 e. The van der Waals surface area contributed by atoms with E-state index in [1.807, 2.05) is 0 Å². The minimum absolute atomic E-state index is 0.190. The Balaban J connectivity index is 1.93. The summed E-state index contributed by atoms with van der Waals surface area (Å²) in [5.74, 6) is -1.17. The van der Waals surface area contributed by atoms with Gasteiger partial charge in [-0.15, -0.1) is 11.6 Å². The molecule has 9 heteroatoms. The molecule has 29 heavy (non-hydrogen) atoms. The number of hydrogen-bond acceptors (Lipinski definition) is 5. The Morgan fingerprint density at radius 1 is 1.10 bits per heavy atom. The third-order valence-electron chi connectivity index (χ3n) is 4.61. The van der Waals surface area contributed by atoms with Gasteiger partial charge in [-0.05, 0) is 38.5 Å². The first-order chi connectivity index (χ1) is 13.7. The summed E-state index contributed by atoms with van der Waals surface area (Å²) in [6.07, 6.45) is 0.543. The van der Waals surface area contributed by atoms with E-state index in [0.29, 0.717) is 18.6 Å². The largest absolute Gasteiger partial charge is 0.385 e. The van der Waals surface area contributed by atoms with Gasteiger partial charge in [-0.1, -0.05) is 0 Å². The SMILES string of the molecule is COCCCN1C(=O)c2ccc(C(=O)NCCNC(=O)C(C)(C)CCl)cc2C1=O. The molecular weight excluding hydrogens is 398 g/mol. The molecule has 1 aromatic carbocycles. The van der Waals surface area contributed by atoms with Crippen LogP contribution >= 0.6 is 11.6 Å². The summed E-state index contributed by atoms with van der Waals surface area (Å²) in [6.45, 7) is 4.64. The highest BCUT2D eigenvalue weighted by Gasteiger charge is 2.35. The van der Waals surface area contributed by atoms with Crippen molar-refractivity contribution in [3.8, 4) is 0 Å². The first kappa shape index (κ1) is 22.8. The number of imide groups is 1. The van der Waals surface area contributed by atoms with E-state index in [1.54, 1.807) is 21.0 Å². The minimum atomic E-state index is -0.687. The van der Waals surface area contributed by atoms with Crippen LogP contribution in [0.4, 0.5) is 0 Å². The molecule has 2 N–H and O–H groups in total. The Labute approximate surface area is 174 Å². The van der Waals surface area contributed by atoms with Crippen LogP contribution in [-0.2, 0) is 9.53 Å². The Morgan fingerprint density at radius 3 is 2.41 bits per heavy atom. The number of amides is 4. The van der Waals surface area contributed by atoms with Crippen LogP contribution < -0.4 is 10.6 Å². The second kappa shape index (κ2) is 9.84. The summed E-state index contributed by atoms with van der Waals surface area (Å²) >= 11 is 5.75. The molecule has 0 fully saturated rings. The standard InChI is InChI=1S/C20H26ClN3O5/c1-20(2,12-21)19(28)23-8-7-22-16(25)13-5-6-14-15(11-13)18(27)24(17(14)26)9-4-10-29-3/h5-6,11H,4,7-10,12H2,1-3H3,(H,22,25)(H,23,28). The van der Waals surface area contributed by atoms with E-state index in [9.17, 15) is 19.2 Å². The molecule has 0 unspecified atom stereocenters. The van der Waals surface area contributed by atoms with Gasteiger partial charge in [0, 0.05) is 44.8 Å². The number of carbonyl (C=O) groups is 4. The maximum atomic E-state index is 12.5. The number of hydrogen-bond donors (Lipinski definition) is 2. The number of methoxy groups -OCH3 is 1. The van der Waals surface area contributed by atoms with Gasteiger partial charge in [0.1, 0.15) is 0 Å². The maximum Gasteiger partial charge on any atom is 0.261 e. The van der Waals surface area contributed by atoms with Crippen molar-refractivity contribution in [3.05, 3.63) is 34.9 Å². The van der Waals surface area contributed by atoms with Crippen LogP contribution in [0.5, 0.6) is 0 Å². The van der Waals surface area contributed by atoms with Gasteiger partial charge < -0.3 is 15.4 Å². The summed E-state index contributed by atoms with van der Waals surface area (Å²) in [5, 5.41) is 5.39. The fourth-order valence-corrected chi connectivity index (χ4v) is 2.88. The van der Waals surface area contributed by atoms with Crippen molar-refractivity contribution in [2.45, 2.75) is 20.3 Å². The van der Waals surface area contributed by atoms with E-state index >= 15 is 0 Å². The zero-order valence-corrected chi connectivity index (χ0v) is 17.6. The third-order valence-corrected chi connectivity index (χ3v) is 5.28. The molecule has 0 spiro atoms. The van der Waals surface area contributed by atoms with Crippen molar-refractivity contribution in [1.29, 1.82) is 0 Å². The van der Waals surface area contributed by atoms with Crippen molar-refractivity contribution in [2.24, 2.45) is 5.41 Å². The molecule has 1 aromatic rings. The van der Waals surface area contributed by atoms with Crippen molar-refractivity contribution >= 4 is 35.2 Å². The van der Waals surface area contributed by atoms with E-state index in [4.69, 9.17) is 16.3 Å². The lowest BCUT2D eigenvalue weighted by Gasteiger charge is -2.20. The van der Waals surface area contributed by atoms with Gasteiger partial charge in [-0.2, -0.15) is 0 Å². The first-order valence-corrected chi connectivity index (χ1v) is 9.88. The number of nitrogens with one attached hydrogen (secondary N) is 2. The number of rotatable bonds is 10. The lowest BCUT2D eigenvalue weighted by Crippen LogP contribution is -2.41. The van der Waals surface area contributed by atoms with Gasteiger partial charge in [0.15, 0.2) is 0 Å². The quantitative estimate of drug-likeness (QED) is 0.336. The molecule has 0 aromatic heterocycles. The lowest BCUT2D eigenvalue weighted by atomic mass is 9.95. The Morgan fingerprint density at radius 2 is 1.76 bits per heavy atom. The Hall–Kier alpha value is -2.45. The zero-order valence-electron chi connectivity index (χ0n) is 16.8. The summed E-state index contributed by atoms with van der Waals surface area (Å²) in [7, 11) is 1.55. The topological polar surface area (TPSA) is 105 Å². The monoisotopic (exact) mass is 423 g/mol. The fourth-order valence-electron chi connectivity index (χ4n) is 2.76. The molecule has 0 radical (unpaired) electrons. The molecule has 8 nitrogen and oxygen atoms in total. The number of halogens is 1. The van der Waals surface area contributed by atoms with Gasteiger partial charge in [-0.25, -0.2) is 0 Å². The predicted octanol–water partition coefficient (Wildman–Crippen LogP) is 1.43. The van der Waals surface area contributed by atoms with Gasteiger partial charge in [0.25, 0.3) is 17.7 Å². The van der Waals surface area contributed by atoms with E-state index in [-0.39, 0.29) is 48.5 Å². The molecule has 0 bridgehead atoms. The highest BCUT2D eigenvalue weighted by molar-refractivity contribution is 6.22. The van der Waals surface area contributed by atoms with Crippen molar-refractivity contribution in [2.75, 3.05) is 39.2 Å². The highest BCUT2D eigenvalue weighted by atomic mass is 35.5. The molecule has 1 heterocycles. The zero-order chi connectivity index (χ0) is 21.6. The molecule has 0 saturated heterocycles. The Bertz CT molecular complexity index is 809. The third kappa shape index (κ3) is 5.33. The molecular formula is C20H26ClN3O5. The first-order valence-electron chi connectivity index (χ1n) is 9.34. The molecule has 0 aliphatic carbocycles. The second-order valence-electron chi connectivity index (χ2n) is 7.40. The maximum absolute atomic E-state index is 12.5. The van der Waals surface area contributed by atoms with Crippen LogP contribution in [0.2, 0.25) is 0 Å². The van der Waals surface area contributed by atoms with Crippen molar-refractivity contribution in [3.63, 3.8) is 0 Å². The predicted molar refractivity (Wildman–Crippen MR) is 108 cm³/mol. The summed E-state index contributed by atoms with van der Waals surface area (Å²) in [5.41, 5.74) is 0.0981. The summed E-state index contributed by atoms with van der Waals surface area (Å²) in [4.78, 5) is 50.3. The van der Waals surface area contributed by atoms with Crippen LogP contribution in [0.25, 0.3) is 0 Å². The molecule has 2 rings (SSSR count). The van der Waals surface area contributed by atoms with Crippen LogP contribution in [-0.4, -0.2) is 67.8 Å². The fraction of sp³-hybridized carbons (Fsp3) is 0.500. The molecule has 0 atom stereocenters. The van der Waals surface area contributed by atoms with Crippen molar-refractivity contribution in [1.82, 2.24) is 15.5 Å². The number of carbonyl (C=O) groups excluding carboxylic acids is 4. The number of fused-ring (bicyclic) bond motifs is 1. The van der Waals surface area contributed by atoms with Crippen LogP contribution in [0.1, 0.15) is 51.3 Å². The van der Waals surface area contributed by atoms with Crippen LogP contribution in [0, 0.1) is 5.41 Å². The van der Waals surface area contributed by atoms with Gasteiger partial charge in [-0.3, -0.25) is 24.1 Å². The summed E-state index contributed by atoms with van der Waals surface area (Å²) < 4.78 is 4.95. The molecule has 0 saturated carbocycles. The normalized spacial score (nSPS) is 13.4. The van der Waals surface area contributed by atoms with Crippen LogP contribution in [0.15, 0.2) is 18.2 Å². The number of nitrogens with zero attached hydrogens (tertiary/aromatic N) is 1. The van der Waals surface area contributed by atoms with Gasteiger partial charge in [0.2, 0.25) is 5.91 Å². The van der Waals surface area contributed by atoms with Crippen molar-refractivity contribution < 1.29 is 23.9 Å². The van der Waals surface area contributed by atoms with Gasteiger partial charge >= 0.3 is 0 Å². The molecule has 1 aliphatic rings. The number of alkyl halides is 1. The van der Waals surface area contributed by atoms with Crippen LogP contribution in [0.3, 0.4) is 0 Å². The van der Waals surface area contributed by atoms with E-state index in [2.05, 4.69) is 10.6 Å². The average molecular weight is 424 g/mol. The smallest absolute Gasteiger partial charge is 0.261 e. The highest BCUT2D eigenvalue weighted by Crippen LogP contribution is 2.24. The number of ether oxygens (including phenoxy) is 1. The molecule has 158 valence electrons. The van der Waals surface area contributed by atoms with Gasteiger partial charge in [0.05, 0.1) is 16.5 Å².